The number of carbonyl (C=O) groups is 1. The van der Waals surface area contributed by atoms with E-state index < -0.39 is 23.4 Å². The number of rotatable bonds is 1. The molecule has 0 amide bonds. The molecule has 4 nitrogen and oxygen atoms in total. The highest BCUT2D eigenvalue weighted by atomic mass is 16.4. The molecular weight excluding hydrogens is 304 g/mol. The van der Waals surface area contributed by atoms with E-state index in [9.17, 15) is 20.1 Å². The summed E-state index contributed by atoms with van der Waals surface area (Å²) in [6.45, 7) is 4.43. The van der Waals surface area contributed by atoms with Crippen molar-refractivity contribution >= 4 is 5.97 Å². The van der Waals surface area contributed by atoms with Crippen LogP contribution in [0.3, 0.4) is 0 Å². The van der Waals surface area contributed by atoms with Crippen molar-refractivity contribution in [1.29, 1.82) is 0 Å². The Morgan fingerprint density at radius 1 is 0.958 bits per heavy atom. The quantitative estimate of drug-likeness (QED) is 0.688. The van der Waals surface area contributed by atoms with Gasteiger partial charge in [0.05, 0.1) is 18.1 Å². The Morgan fingerprint density at radius 3 is 2.42 bits per heavy atom. The van der Waals surface area contributed by atoms with Crippen LogP contribution < -0.4 is 0 Å². The van der Waals surface area contributed by atoms with E-state index in [1.54, 1.807) is 0 Å². The summed E-state index contributed by atoms with van der Waals surface area (Å²) in [7, 11) is 0. The summed E-state index contributed by atoms with van der Waals surface area (Å²) in [6.07, 6.45) is 6.93. The van der Waals surface area contributed by atoms with Crippen molar-refractivity contribution in [2.24, 2.45) is 40.4 Å². The van der Waals surface area contributed by atoms with Gasteiger partial charge in [0.1, 0.15) is 0 Å². The minimum atomic E-state index is -0.724. The summed E-state index contributed by atoms with van der Waals surface area (Å²) >= 11 is 0. The molecule has 4 aliphatic carbocycles. The van der Waals surface area contributed by atoms with E-state index in [0.717, 1.165) is 51.4 Å². The van der Waals surface area contributed by atoms with Crippen LogP contribution in [0.4, 0.5) is 0 Å². The van der Waals surface area contributed by atoms with Crippen LogP contribution in [0.5, 0.6) is 0 Å². The Hall–Kier alpha value is -0.610. The molecule has 0 spiro atoms. The normalized spacial score (nSPS) is 56.9. The summed E-state index contributed by atoms with van der Waals surface area (Å²) in [4.78, 5) is 11.8. The molecule has 4 saturated carbocycles. The van der Waals surface area contributed by atoms with Gasteiger partial charge in [-0.25, -0.2) is 0 Å². The Morgan fingerprint density at radius 2 is 1.71 bits per heavy atom. The highest BCUT2D eigenvalue weighted by Crippen LogP contribution is 2.67. The molecule has 24 heavy (non-hydrogen) atoms. The Kier molecular flexibility index (Phi) is 3.82. The molecular formula is C20H32O4. The zero-order valence-corrected chi connectivity index (χ0v) is 14.9. The lowest BCUT2D eigenvalue weighted by Crippen LogP contribution is -2.59. The third-order valence-electron chi connectivity index (χ3n) is 9.04. The van der Waals surface area contributed by atoms with Gasteiger partial charge in [0, 0.05) is 5.41 Å². The van der Waals surface area contributed by atoms with E-state index in [2.05, 4.69) is 6.92 Å². The standard InChI is InChI=1S/C20H32O4/c1-19-8-7-12(21)9-11(19)3-4-13-14-5-6-15(18(23)24)20(14,2)17(22)10-16(13)19/h11-17,21-22H,3-10H2,1-2H3,(H,23,24)/t11-,12-,13+,14+,15-,16+,17-,19-,20-/m0/s1. The van der Waals surface area contributed by atoms with Crippen LogP contribution in [0, 0.1) is 40.4 Å². The average molecular weight is 336 g/mol. The summed E-state index contributed by atoms with van der Waals surface area (Å²) in [5.41, 5.74) is -0.240. The maximum atomic E-state index is 11.8. The van der Waals surface area contributed by atoms with Gasteiger partial charge in [0.25, 0.3) is 0 Å². The molecule has 0 aromatic heterocycles. The topological polar surface area (TPSA) is 77.8 Å². The predicted molar refractivity (Wildman–Crippen MR) is 90.2 cm³/mol. The van der Waals surface area contributed by atoms with E-state index in [-0.39, 0.29) is 11.5 Å². The maximum absolute atomic E-state index is 11.8. The fraction of sp³-hybridized carbons (Fsp3) is 0.950. The molecule has 136 valence electrons. The molecule has 0 aliphatic heterocycles. The van der Waals surface area contributed by atoms with E-state index in [0.29, 0.717) is 23.7 Å². The van der Waals surface area contributed by atoms with Crippen molar-refractivity contribution in [2.45, 2.75) is 77.4 Å². The molecule has 0 radical (unpaired) electrons. The van der Waals surface area contributed by atoms with Crippen LogP contribution in [-0.2, 0) is 4.79 Å². The van der Waals surface area contributed by atoms with E-state index in [1.165, 1.54) is 0 Å². The van der Waals surface area contributed by atoms with Crippen LogP contribution in [-0.4, -0.2) is 33.5 Å². The van der Waals surface area contributed by atoms with Crippen LogP contribution in [0.15, 0.2) is 0 Å². The minimum Gasteiger partial charge on any atom is -0.481 e. The Bertz CT molecular complexity index is 534. The van der Waals surface area contributed by atoms with Crippen molar-refractivity contribution in [3.8, 4) is 0 Å². The van der Waals surface area contributed by atoms with Gasteiger partial charge in [-0.1, -0.05) is 13.8 Å². The second kappa shape index (κ2) is 5.44. The second-order valence-corrected chi connectivity index (χ2v) is 9.67. The zero-order chi connectivity index (χ0) is 17.3. The van der Waals surface area contributed by atoms with Gasteiger partial charge in [0.15, 0.2) is 0 Å². The zero-order valence-electron chi connectivity index (χ0n) is 14.9. The second-order valence-electron chi connectivity index (χ2n) is 9.67. The first kappa shape index (κ1) is 16.8. The number of hydrogen-bond acceptors (Lipinski definition) is 3. The van der Waals surface area contributed by atoms with Crippen molar-refractivity contribution in [2.75, 3.05) is 0 Å². The van der Waals surface area contributed by atoms with E-state index in [4.69, 9.17) is 0 Å². The number of aliphatic hydroxyl groups excluding tert-OH is 2. The summed E-state index contributed by atoms with van der Waals surface area (Å²) < 4.78 is 0. The van der Waals surface area contributed by atoms with Gasteiger partial charge < -0.3 is 15.3 Å². The molecule has 4 fully saturated rings. The lowest BCUT2D eigenvalue weighted by Gasteiger charge is -2.61. The van der Waals surface area contributed by atoms with Gasteiger partial charge in [-0.3, -0.25) is 4.79 Å². The Labute approximate surface area is 144 Å². The first-order valence-electron chi connectivity index (χ1n) is 9.87. The number of aliphatic hydroxyl groups is 2. The van der Waals surface area contributed by atoms with Crippen molar-refractivity contribution in [3.05, 3.63) is 0 Å². The van der Waals surface area contributed by atoms with Crippen molar-refractivity contribution in [1.82, 2.24) is 0 Å². The number of fused-ring (bicyclic) bond motifs is 5. The number of hydrogen-bond donors (Lipinski definition) is 3. The largest absolute Gasteiger partial charge is 0.481 e. The molecule has 0 saturated heterocycles. The highest BCUT2D eigenvalue weighted by Gasteiger charge is 2.64. The molecule has 4 heteroatoms. The van der Waals surface area contributed by atoms with Crippen LogP contribution in [0.1, 0.15) is 65.2 Å². The lowest BCUT2D eigenvalue weighted by molar-refractivity contribution is -0.180. The van der Waals surface area contributed by atoms with Gasteiger partial charge in [-0.05, 0) is 80.5 Å². The van der Waals surface area contributed by atoms with Gasteiger partial charge in [0.2, 0.25) is 0 Å². The fourth-order valence-electron chi connectivity index (χ4n) is 7.61. The summed E-state index contributed by atoms with van der Waals surface area (Å²) in [6, 6.07) is 0. The predicted octanol–water partition coefficient (Wildman–Crippen LogP) is 3.06. The molecule has 0 unspecified atom stereocenters. The monoisotopic (exact) mass is 336 g/mol. The summed E-state index contributed by atoms with van der Waals surface area (Å²) in [5, 5.41) is 30.8. The molecule has 0 heterocycles. The first-order valence-corrected chi connectivity index (χ1v) is 9.87. The molecule has 0 aromatic rings. The fourth-order valence-corrected chi connectivity index (χ4v) is 7.61. The summed E-state index contributed by atoms with van der Waals surface area (Å²) in [5.74, 6) is 0.840. The van der Waals surface area contributed by atoms with E-state index in [1.807, 2.05) is 6.92 Å². The van der Waals surface area contributed by atoms with Gasteiger partial charge in [-0.2, -0.15) is 0 Å². The SMILES string of the molecule is C[C@]12CC[C@H](O)C[C@@H]1CC[C@H]1[C@H]2C[C@H](O)[C@@]2(C)[C@@H]1CC[C@H]2C(=O)O. The van der Waals surface area contributed by atoms with Gasteiger partial charge in [-0.15, -0.1) is 0 Å². The number of carboxylic acid groups (broad SMARTS) is 1. The van der Waals surface area contributed by atoms with Crippen LogP contribution >= 0.6 is 0 Å². The third-order valence-corrected chi connectivity index (χ3v) is 9.04. The molecule has 0 bridgehead atoms. The number of carboxylic acids is 1. The minimum absolute atomic E-state index is 0.152. The molecule has 3 N–H and O–H groups in total. The van der Waals surface area contributed by atoms with Gasteiger partial charge >= 0.3 is 5.97 Å². The smallest absolute Gasteiger partial charge is 0.307 e. The van der Waals surface area contributed by atoms with Crippen LogP contribution in [0.2, 0.25) is 0 Å². The van der Waals surface area contributed by atoms with Crippen molar-refractivity contribution < 1.29 is 20.1 Å². The Balaban J connectivity index is 1.66. The van der Waals surface area contributed by atoms with E-state index >= 15 is 0 Å². The lowest BCUT2D eigenvalue weighted by atomic mass is 9.44. The van der Waals surface area contributed by atoms with Crippen molar-refractivity contribution in [3.63, 3.8) is 0 Å². The molecule has 4 rings (SSSR count). The average Bonchev–Trinajstić information content (AvgIpc) is 2.88. The third kappa shape index (κ3) is 2.08. The highest BCUT2D eigenvalue weighted by molar-refractivity contribution is 5.71. The van der Waals surface area contributed by atoms with Crippen LogP contribution in [0.25, 0.3) is 0 Å². The first-order chi connectivity index (χ1) is 11.3. The molecule has 9 atom stereocenters. The maximum Gasteiger partial charge on any atom is 0.307 e. The molecule has 0 aromatic carbocycles. The number of aliphatic carboxylic acids is 1. The molecule has 4 aliphatic rings.